The smallest absolute Gasteiger partial charge is 0.103 e. The van der Waals surface area contributed by atoms with Crippen molar-refractivity contribution in [2.45, 2.75) is 70.5 Å². The zero-order valence-electron chi connectivity index (χ0n) is 9.40. The van der Waals surface area contributed by atoms with E-state index < -0.39 is 6.17 Å². The molecule has 1 aliphatic heterocycles. The van der Waals surface area contributed by atoms with Gasteiger partial charge in [0.25, 0.3) is 0 Å². The number of piperidine rings is 1. The molecule has 0 amide bonds. The molecule has 1 rings (SSSR count). The standard InChI is InChI=1S/C12H24FN/c1-2-3-4-5-6-7-12-10-11(13)8-9-14-12/h11-12,14H,2-10H2,1H3/t11-,12-/m1/s1. The Kier molecular flexibility index (Phi) is 6.17. The maximum Gasteiger partial charge on any atom is 0.103 e. The van der Waals surface area contributed by atoms with Crippen molar-refractivity contribution in [1.82, 2.24) is 5.32 Å². The van der Waals surface area contributed by atoms with E-state index in [9.17, 15) is 4.39 Å². The highest BCUT2D eigenvalue weighted by molar-refractivity contribution is 4.77. The predicted molar refractivity (Wildman–Crippen MR) is 59.3 cm³/mol. The Morgan fingerprint density at radius 1 is 1.21 bits per heavy atom. The minimum absolute atomic E-state index is 0.459. The molecule has 0 aromatic rings. The van der Waals surface area contributed by atoms with Gasteiger partial charge >= 0.3 is 0 Å². The summed E-state index contributed by atoms with van der Waals surface area (Å²) < 4.78 is 13.0. The van der Waals surface area contributed by atoms with Crippen LogP contribution < -0.4 is 5.32 Å². The number of hydrogen-bond acceptors (Lipinski definition) is 1. The summed E-state index contributed by atoms with van der Waals surface area (Å²) in [7, 11) is 0. The fourth-order valence-corrected chi connectivity index (χ4v) is 2.17. The number of unbranched alkanes of at least 4 members (excludes halogenated alkanes) is 4. The molecule has 1 aliphatic rings. The maximum absolute atomic E-state index is 13.0. The van der Waals surface area contributed by atoms with E-state index in [4.69, 9.17) is 0 Å². The van der Waals surface area contributed by atoms with Crippen LogP contribution in [0.25, 0.3) is 0 Å². The van der Waals surface area contributed by atoms with Crippen LogP contribution in [0, 0.1) is 0 Å². The van der Waals surface area contributed by atoms with Crippen molar-refractivity contribution < 1.29 is 4.39 Å². The molecule has 1 saturated heterocycles. The summed E-state index contributed by atoms with van der Waals surface area (Å²) in [5, 5.41) is 3.40. The van der Waals surface area contributed by atoms with E-state index in [2.05, 4.69) is 12.2 Å². The van der Waals surface area contributed by atoms with Crippen LogP contribution >= 0.6 is 0 Å². The summed E-state index contributed by atoms with van der Waals surface area (Å²) in [5.74, 6) is 0. The van der Waals surface area contributed by atoms with Gasteiger partial charge in [0.05, 0.1) is 0 Å². The van der Waals surface area contributed by atoms with E-state index in [1.807, 2.05) is 0 Å². The molecular weight excluding hydrogens is 177 g/mol. The molecule has 0 saturated carbocycles. The summed E-state index contributed by atoms with van der Waals surface area (Å²) in [6, 6.07) is 0.459. The third-order valence-corrected chi connectivity index (χ3v) is 3.09. The van der Waals surface area contributed by atoms with Crippen LogP contribution in [0.3, 0.4) is 0 Å². The first-order valence-corrected chi connectivity index (χ1v) is 6.20. The van der Waals surface area contributed by atoms with Crippen LogP contribution in [0.5, 0.6) is 0 Å². The first-order valence-electron chi connectivity index (χ1n) is 6.20. The Bertz CT molecular complexity index is 138. The van der Waals surface area contributed by atoms with Gasteiger partial charge < -0.3 is 5.32 Å². The number of nitrogens with one attached hydrogen (secondary N) is 1. The molecule has 0 unspecified atom stereocenters. The van der Waals surface area contributed by atoms with Crippen LogP contribution in [0.1, 0.15) is 58.3 Å². The zero-order chi connectivity index (χ0) is 10.2. The third kappa shape index (κ3) is 4.94. The van der Waals surface area contributed by atoms with Gasteiger partial charge in [-0.15, -0.1) is 0 Å². The average molecular weight is 201 g/mol. The highest BCUT2D eigenvalue weighted by Crippen LogP contribution is 2.17. The molecular formula is C12H24FN. The summed E-state index contributed by atoms with van der Waals surface area (Å²) in [6.45, 7) is 3.11. The molecule has 0 bridgehead atoms. The second-order valence-electron chi connectivity index (χ2n) is 4.48. The van der Waals surface area contributed by atoms with Gasteiger partial charge in [-0.1, -0.05) is 39.0 Å². The van der Waals surface area contributed by atoms with Crippen molar-refractivity contribution in [3.05, 3.63) is 0 Å². The monoisotopic (exact) mass is 201 g/mol. The fraction of sp³-hybridized carbons (Fsp3) is 1.00. The Morgan fingerprint density at radius 3 is 2.71 bits per heavy atom. The van der Waals surface area contributed by atoms with Crippen molar-refractivity contribution in [2.24, 2.45) is 0 Å². The van der Waals surface area contributed by atoms with E-state index in [1.54, 1.807) is 0 Å². The summed E-state index contributed by atoms with van der Waals surface area (Å²) in [4.78, 5) is 0. The van der Waals surface area contributed by atoms with Gasteiger partial charge in [-0.25, -0.2) is 4.39 Å². The van der Waals surface area contributed by atoms with Crippen LogP contribution in [0.15, 0.2) is 0 Å². The third-order valence-electron chi connectivity index (χ3n) is 3.09. The van der Waals surface area contributed by atoms with Crippen LogP contribution in [-0.4, -0.2) is 18.8 Å². The van der Waals surface area contributed by atoms with Crippen molar-refractivity contribution in [3.63, 3.8) is 0 Å². The Balaban J connectivity index is 1.95. The molecule has 0 aromatic heterocycles. The minimum atomic E-state index is -0.545. The van der Waals surface area contributed by atoms with Crippen LogP contribution in [-0.2, 0) is 0 Å². The molecule has 0 aromatic carbocycles. The van der Waals surface area contributed by atoms with Crippen molar-refractivity contribution in [2.75, 3.05) is 6.54 Å². The normalized spacial score (nSPS) is 27.9. The largest absolute Gasteiger partial charge is 0.314 e. The Labute approximate surface area is 87.5 Å². The van der Waals surface area contributed by atoms with E-state index in [-0.39, 0.29) is 0 Å². The molecule has 2 atom stereocenters. The number of hydrogen-bond donors (Lipinski definition) is 1. The molecule has 0 radical (unpaired) electrons. The Morgan fingerprint density at radius 2 is 2.00 bits per heavy atom. The molecule has 0 aliphatic carbocycles. The first kappa shape index (κ1) is 12.0. The number of rotatable bonds is 6. The highest BCUT2D eigenvalue weighted by Gasteiger charge is 2.19. The quantitative estimate of drug-likeness (QED) is 0.649. The SMILES string of the molecule is CCCCCCC[C@@H]1C[C@H](F)CCN1. The van der Waals surface area contributed by atoms with E-state index in [0.29, 0.717) is 12.5 Å². The van der Waals surface area contributed by atoms with Crippen LogP contribution in [0.4, 0.5) is 4.39 Å². The lowest BCUT2D eigenvalue weighted by Gasteiger charge is -2.26. The van der Waals surface area contributed by atoms with Gasteiger partial charge in [-0.3, -0.25) is 0 Å². The lowest BCUT2D eigenvalue weighted by atomic mass is 9.97. The molecule has 1 fully saturated rings. The van der Waals surface area contributed by atoms with Crippen molar-refractivity contribution in [3.8, 4) is 0 Å². The molecule has 2 heteroatoms. The van der Waals surface area contributed by atoms with Gasteiger partial charge in [-0.2, -0.15) is 0 Å². The number of alkyl halides is 1. The molecule has 1 N–H and O–H groups in total. The van der Waals surface area contributed by atoms with Gasteiger partial charge in [0, 0.05) is 6.04 Å². The van der Waals surface area contributed by atoms with Crippen LogP contribution in [0.2, 0.25) is 0 Å². The molecule has 84 valence electrons. The van der Waals surface area contributed by atoms with E-state index in [0.717, 1.165) is 13.0 Å². The van der Waals surface area contributed by atoms with Gasteiger partial charge in [0.15, 0.2) is 0 Å². The molecule has 1 nitrogen and oxygen atoms in total. The first-order chi connectivity index (χ1) is 6.83. The summed E-state index contributed by atoms with van der Waals surface area (Å²) >= 11 is 0. The predicted octanol–water partition coefficient (Wildman–Crippen LogP) is 3.44. The summed E-state index contributed by atoms with van der Waals surface area (Å²) in [5.41, 5.74) is 0. The zero-order valence-corrected chi connectivity index (χ0v) is 9.40. The van der Waals surface area contributed by atoms with Crippen molar-refractivity contribution >= 4 is 0 Å². The van der Waals surface area contributed by atoms with E-state index >= 15 is 0 Å². The fourth-order valence-electron chi connectivity index (χ4n) is 2.17. The minimum Gasteiger partial charge on any atom is -0.314 e. The molecule has 1 heterocycles. The topological polar surface area (TPSA) is 12.0 Å². The molecule has 14 heavy (non-hydrogen) atoms. The van der Waals surface area contributed by atoms with Gasteiger partial charge in [-0.05, 0) is 25.8 Å². The second-order valence-corrected chi connectivity index (χ2v) is 4.48. The second kappa shape index (κ2) is 7.22. The Hall–Kier alpha value is -0.110. The maximum atomic E-state index is 13.0. The lowest BCUT2D eigenvalue weighted by Crippen LogP contribution is -2.38. The van der Waals surface area contributed by atoms with Gasteiger partial charge in [0.2, 0.25) is 0 Å². The van der Waals surface area contributed by atoms with E-state index in [1.165, 1.54) is 38.5 Å². The summed E-state index contributed by atoms with van der Waals surface area (Å²) in [6.07, 6.45) is 8.68. The molecule has 0 spiro atoms. The van der Waals surface area contributed by atoms with Gasteiger partial charge in [0.1, 0.15) is 6.17 Å². The number of halogens is 1. The lowest BCUT2D eigenvalue weighted by molar-refractivity contribution is 0.215. The average Bonchev–Trinajstić information content (AvgIpc) is 2.18. The highest BCUT2D eigenvalue weighted by atomic mass is 19.1. The van der Waals surface area contributed by atoms with Crippen molar-refractivity contribution in [1.29, 1.82) is 0 Å².